The van der Waals surface area contributed by atoms with Crippen LogP contribution in [0.3, 0.4) is 0 Å². The predicted octanol–water partition coefficient (Wildman–Crippen LogP) is 2.85. The van der Waals surface area contributed by atoms with Crippen molar-refractivity contribution in [1.82, 2.24) is 10.6 Å². The van der Waals surface area contributed by atoms with Crippen LogP contribution in [0, 0.1) is 5.92 Å². The van der Waals surface area contributed by atoms with Crippen molar-refractivity contribution < 1.29 is 28.6 Å². The molecule has 8 nitrogen and oxygen atoms in total. The minimum Gasteiger partial charge on any atom is -0.496 e. The molecule has 2 atom stereocenters. The third-order valence-corrected chi connectivity index (χ3v) is 4.85. The molecule has 0 aliphatic heterocycles. The third kappa shape index (κ3) is 7.30. The average molecular weight is 443 g/mol. The van der Waals surface area contributed by atoms with Gasteiger partial charge < -0.3 is 24.8 Å². The Kier molecular flexibility index (Phi) is 9.53. The second-order valence-corrected chi connectivity index (χ2v) is 7.53. The van der Waals surface area contributed by atoms with Crippen LogP contribution < -0.4 is 15.4 Å². The molecule has 2 rings (SSSR count). The van der Waals surface area contributed by atoms with Gasteiger partial charge in [0.1, 0.15) is 24.4 Å². The fourth-order valence-corrected chi connectivity index (χ4v) is 3.12. The van der Waals surface area contributed by atoms with Crippen LogP contribution in [0.1, 0.15) is 25.0 Å². The van der Waals surface area contributed by atoms with Gasteiger partial charge in [-0.25, -0.2) is 9.59 Å². The highest BCUT2D eigenvalue weighted by atomic mass is 16.5. The van der Waals surface area contributed by atoms with Crippen LogP contribution >= 0.6 is 0 Å². The largest absolute Gasteiger partial charge is 0.496 e. The second kappa shape index (κ2) is 12.3. The highest BCUT2D eigenvalue weighted by Crippen LogP contribution is 2.19. The molecule has 2 aromatic rings. The first kappa shape index (κ1) is 24.7. The van der Waals surface area contributed by atoms with E-state index in [9.17, 15) is 14.4 Å². The van der Waals surface area contributed by atoms with Crippen molar-refractivity contribution in [3.8, 4) is 5.75 Å². The lowest BCUT2D eigenvalue weighted by atomic mass is 10.0. The van der Waals surface area contributed by atoms with Crippen LogP contribution in [0.4, 0.5) is 4.79 Å². The number of benzene rings is 2. The van der Waals surface area contributed by atoms with E-state index >= 15 is 0 Å². The van der Waals surface area contributed by atoms with Crippen LogP contribution in [-0.2, 0) is 32.1 Å². The Balaban J connectivity index is 2.05. The second-order valence-electron chi connectivity index (χ2n) is 7.53. The van der Waals surface area contributed by atoms with Gasteiger partial charge in [0.05, 0.1) is 14.2 Å². The Morgan fingerprint density at radius 2 is 1.56 bits per heavy atom. The number of para-hydroxylation sites is 1. The molecule has 8 heteroatoms. The Morgan fingerprint density at radius 3 is 2.19 bits per heavy atom. The van der Waals surface area contributed by atoms with Crippen molar-refractivity contribution >= 4 is 18.0 Å². The summed E-state index contributed by atoms with van der Waals surface area (Å²) in [4.78, 5) is 37.5. The number of methoxy groups -OCH3 is 2. The molecule has 0 saturated carbocycles. The van der Waals surface area contributed by atoms with Crippen LogP contribution in [0.2, 0.25) is 0 Å². The van der Waals surface area contributed by atoms with Crippen molar-refractivity contribution in [2.45, 2.75) is 39.0 Å². The van der Waals surface area contributed by atoms with Gasteiger partial charge in [0, 0.05) is 6.42 Å². The zero-order valence-electron chi connectivity index (χ0n) is 18.8. The summed E-state index contributed by atoms with van der Waals surface area (Å²) in [6.45, 7) is 3.65. The van der Waals surface area contributed by atoms with Crippen LogP contribution in [0.25, 0.3) is 0 Å². The van der Waals surface area contributed by atoms with Gasteiger partial charge in [0.25, 0.3) is 0 Å². The molecule has 2 aromatic carbocycles. The van der Waals surface area contributed by atoms with Crippen molar-refractivity contribution in [1.29, 1.82) is 0 Å². The van der Waals surface area contributed by atoms with E-state index < -0.39 is 30.1 Å². The molecule has 0 saturated heterocycles. The van der Waals surface area contributed by atoms with Gasteiger partial charge in [-0.1, -0.05) is 62.4 Å². The van der Waals surface area contributed by atoms with Crippen molar-refractivity contribution in [2.24, 2.45) is 5.92 Å². The maximum absolute atomic E-state index is 12.9. The summed E-state index contributed by atoms with van der Waals surface area (Å²) in [6, 6.07) is 14.6. The van der Waals surface area contributed by atoms with Gasteiger partial charge in [0.2, 0.25) is 5.91 Å². The van der Waals surface area contributed by atoms with E-state index in [-0.39, 0.29) is 18.9 Å². The number of carbonyl (C=O) groups is 3. The molecule has 0 aromatic heterocycles. The standard InChI is InChI=1S/C24H30N2O6/c1-16(2)21(26-24(29)32-15-17-10-6-5-7-11-17)22(27)25-19(23(28)31-4)14-18-12-8-9-13-20(18)30-3/h5-13,16,19,21H,14-15H2,1-4H3,(H,25,27)(H,26,29)/t19-,21+/m0/s1. The third-order valence-electron chi connectivity index (χ3n) is 4.85. The highest BCUT2D eigenvalue weighted by molar-refractivity contribution is 5.90. The SMILES string of the molecule is COC(=O)[C@H](Cc1ccccc1OC)NC(=O)[C@H](NC(=O)OCc1ccccc1)C(C)C. The number of hydrogen-bond acceptors (Lipinski definition) is 6. The van der Waals surface area contributed by atoms with Crippen LogP contribution in [-0.4, -0.2) is 44.3 Å². The topological polar surface area (TPSA) is 103 Å². The van der Waals surface area contributed by atoms with E-state index in [1.54, 1.807) is 26.0 Å². The van der Waals surface area contributed by atoms with Gasteiger partial charge in [-0.15, -0.1) is 0 Å². The number of nitrogens with one attached hydrogen (secondary N) is 2. The number of alkyl carbamates (subject to hydrolysis) is 1. The average Bonchev–Trinajstić information content (AvgIpc) is 2.80. The van der Waals surface area contributed by atoms with Gasteiger partial charge in [-0.05, 0) is 23.1 Å². The van der Waals surface area contributed by atoms with Crippen LogP contribution in [0.15, 0.2) is 54.6 Å². The summed E-state index contributed by atoms with van der Waals surface area (Å²) in [5, 5.41) is 5.27. The number of rotatable bonds is 10. The molecule has 0 unspecified atom stereocenters. The van der Waals surface area contributed by atoms with Crippen molar-refractivity contribution in [3.05, 3.63) is 65.7 Å². The fraction of sp³-hybridized carbons (Fsp3) is 0.375. The Hall–Kier alpha value is -3.55. The number of amides is 2. The first-order chi connectivity index (χ1) is 15.3. The molecule has 0 fully saturated rings. The molecule has 32 heavy (non-hydrogen) atoms. The Bertz CT molecular complexity index is 900. The minimum atomic E-state index is -0.952. The molecule has 0 radical (unpaired) electrons. The summed E-state index contributed by atoms with van der Waals surface area (Å²) < 4.78 is 15.4. The summed E-state index contributed by atoms with van der Waals surface area (Å²) in [7, 11) is 2.78. The molecular weight excluding hydrogens is 412 g/mol. The van der Waals surface area contributed by atoms with Crippen molar-refractivity contribution in [2.75, 3.05) is 14.2 Å². The first-order valence-corrected chi connectivity index (χ1v) is 10.3. The lowest BCUT2D eigenvalue weighted by molar-refractivity contribution is -0.145. The molecule has 172 valence electrons. The minimum absolute atomic E-state index is 0.0810. The zero-order chi connectivity index (χ0) is 23.5. The summed E-state index contributed by atoms with van der Waals surface area (Å²) in [5.41, 5.74) is 1.57. The van der Waals surface area contributed by atoms with Gasteiger partial charge >= 0.3 is 12.1 Å². The lowest BCUT2D eigenvalue weighted by Crippen LogP contribution is -2.54. The van der Waals surface area contributed by atoms with Crippen molar-refractivity contribution in [3.63, 3.8) is 0 Å². The molecule has 2 N–H and O–H groups in total. The zero-order valence-corrected chi connectivity index (χ0v) is 18.8. The predicted molar refractivity (Wildman–Crippen MR) is 119 cm³/mol. The van der Waals surface area contributed by atoms with E-state index in [2.05, 4.69) is 10.6 Å². The molecule has 0 spiro atoms. The van der Waals surface area contributed by atoms with E-state index in [1.807, 2.05) is 42.5 Å². The quantitative estimate of drug-likeness (QED) is 0.549. The highest BCUT2D eigenvalue weighted by Gasteiger charge is 2.30. The van der Waals surface area contributed by atoms with Crippen LogP contribution in [0.5, 0.6) is 5.75 Å². The smallest absolute Gasteiger partial charge is 0.408 e. The van der Waals surface area contributed by atoms with E-state index in [0.29, 0.717) is 5.75 Å². The normalized spacial score (nSPS) is 12.4. The Labute approximate surface area is 188 Å². The summed E-state index contributed by atoms with van der Waals surface area (Å²) in [6.07, 6.45) is -0.548. The summed E-state index contributed by atoms with van der Waals surface area (Å²) in [5.74, 6) is -0.761. The molecular formula is C24H30N2O6. The number of esters is 1. The molecule has 0 heterocycles. The molecule has 2 amide bonds. The number of carbonyl (C=O) groups excluding carboxylic acids is 3. The summed E-state index contributed by atoms with van der Waals surface area (Å²) >= 11 is 0. The first-order valence-electron chi connectivity index (χ1n) is 10.3. The van der Waals surface area contributed by atoms with Gasteiger partial charge in [-0.2, -0.15) is 0 Å². The maximum atomic E-state index is 12.9. The fourth-order valence-electron chi connectivity index (χ4n) is 3.12. The molecule has 0 bridgehead atoms. The number of ether oxygens (including phenoxy) is 3. The van der Waals surface area contributed by atoms with Gasteiger partial charge in [0.15, 0.2) is 0 Å². The maximum Gasteiger partial charge on any atom is 0.408 e. The Morgan fingerprint density at radius 1 is 0.906 bits per heavy atom. The van der Waals surface area contributed by atoms with E-state index in [1.165, 1.54) is 14.2 Å². The van der Waals surface area contributed by atoms with Gasteiger partial charge in [-0.3, -0.25) is 4.79 Å². The molecule has 0 aliphatic rings. The van der Waals surface area contributed by atoms with E-state index in [0.717, 1.165) is 11.1 Å². The number of hydrogen-bond donors (Lipinski definition) is 2. The van der Waals surface area contributed by atoms with E-state index in [4.69, 9.17) is 14.2 Å². The monoisotopic (exact) mass is 442 g/mol. The molecule has 0 aliphatic carbocycles. The lowest BCUT2D eigenvalue weighted by Gasteiger charge is -2.24.